The second-order valence-corrected chi connectivity index (χ2v) is 12.9. The number of piperidine rings is 2. The average Bonchev–Trinajstić information content (AvgIpc) is 3.46. The molecular weight excluding hydrogens is 736 g/mol. The predicted octanol–water partition coefficient (Wildman–Crippen LogP) is 0.418. The number of ether oxygens (including phenoxy) is 10. The van der Waals surface area contributed by atoms with Gasteiger partial charge in [0.15, 0.2) is 0 Å². The second-order valence-electron chi connectivity index (χ2n) is 12.9. The zero-order valence-electron chi connectivity index (χ0n) is 32.4. The Hall–Kier alpha value is -3.14. The number of amides is 4. The molecule has 0 aromatic heterocycles. The van der Waals surface area contributed by atoms with Crippen molar-refractivity contribution in [1.29, 1.82) is 0 Å². The SMILES string of the molecule is O=C1CCC(N2C(=O)c3cccc(NCCOCCOCCOCCOCCOCCOCCOCCOCCOCCOC4CCNCC4)c3C2=O)C(=O)N1. The van der Waals surface area contributed by atoms with E-state index in [4.69, 9.17) is 47.4 Å². The minimum atomic E-state index is -1.01. The van der Waals surface area contributed by atoms with Crippen LogP contribution in [0.25, 0.3) is 0 Å². The lowest BCUT2D eigenvalue weighted by atomic mass is 10.0. The zero-order chi connectivity index (χ0) is 39.5. The maximum absolute atomic E-state index is 13.2. The Morgan fingerprint density at radius 3 is 1.52 bits per heavy atom. The molecule has 1 aromatic carbocycles. The summed E-state index contributed by atoms with van der Waals surface area (Å²) >= 11 is 0. The van der Waals surface area contributed by atoms with Crippen molar-refractivity contribution >= 4 is 29.3 Å². The fraction of sp³-hybridized carbons (Fsp3) is 0.737. The molecule has 0 spiro atoms. The molecule has 0 saturated carbocycles. The normalized spacial score (nSPS) is 17.5. The number of nitrogens with one attached hydrogen (secondary N) is 3. The summed E-state index contributed by atoms with van der Waals surface area (Å²) in [5, 5.41) is 8.66. The van der Waals surface area contributed by atoms with Crippen molar-refractivity contribution in [2.75, 3.05) is 150 Å². The van der Waals surface area contributed by atoms with E-state index in [1.54, 1.807) is 18.2 Å². The number of rotatable bonds is 33. The molecule has 3 heterocycles. The van der Waals surface area contributed by atoms with Crippen LogP contribution in [0.15, 0.2) is 18.2 Å². The van der Waals surface area contributed by atoms with Gasteiger partial charge in [-0.25, -0.2) is 0 Å². The molecule has 1 atom stereocenters. The van der Waals surface area contributed by atoms with Gasteiger partial charge >= 0.3 is 0 Å². The van der Waals surface area contributed by atoms with Gasteiger partial charge in [-0.2, -0.15) is 0 Å². The number of carbonyl (C=O) groups is 4. The number of benzene rings is 1. The van der Waals surface area contributed by atoms with Crippen LogP contribution in [-0.2, 0) is 57.0 Å². The average molecular weight is 797 g/mol. The summed E-state index contributed by atoms with van der Waals surface area (Å²) in [7, 11) is 0. The number of anilines is 1. The molecule has 3 aliphatic heterocycles. The van der Waals surface area contributed by atoms with Gasteiger partial charge in [0.2, 0.25) is 11.8 Å². The molecule has 3 aliphatic rings. The maximum atomic E-state index is 13.2. The Morgan fingerprint density at radius 1 is 0.571 bits per heavy atom. The van der Waals surface area contributed by atoms with Crippen molar-refractivity contribution in [3.05, 3.63) is 29.3 Å². The first-order valence-corrected chi connectivity index (χ1v) is 19.7. The van der Waals surface area contributed by atoms with Crippen LogP contribution in [0.4, 0.5) is 5.69 Å². The predicted molar refractivity (Wildman–Crippen MR) is 201 cm³/mol. The first-order valence-electron chi connectivity index (χ1n) is 19.7. The van der Waals surface area contributed by atoms with Gasteiger partial charge in [-0.1, -0.05) is 6.07 Å². The molecule has 316 valence electrons. The van der Waals surface area contributed by atoms with Crippen LogP contribution in [0.3, 0.4) is 0 Å². The van der Waals surface area contributed by atoms with Gasteiger partial charge < -0.3 is 58.0 Å². The van der Waals surface area contributed by atoms with Crippen molar-refractivity contribution in [3.63, 3.8) is 0 Å². The van der Waals surface area contributed by atoms with E-state index in [-0.39, 0.29) is 24.0 Å². The van der Waals surface area contributed by atoms with Gasteiger partial charge in [-0.05, 0) is 44.5 Å². The van der Waals surface area contributed by atoms with Gasteiger partial charge in [0.25, 0.3) is 11.8 Å². The fourth-order valence-electron chi connectivity index (χ4n) is 6.02. The van der Waals surface area contributed by atoms with E-state index in [1.165, 1.54) is 0 Å². The van der Waals surface area contributed by atoms with E-state index < -0.39 is 29.7 Å². The molecule has 0 radical (unpaired) electrons. The largest absolute Gasteiger partial charge is 0.382 e. The summed E-state index contributed by atoms with van der Waals surface area (Å²) in [5.41, 5.74) is 0.912. The van der Waals surface area contributed by atoms with Crippen LogP contribution in [0.1, 0.15) is 46.4 Å². The van der Waals surface area contributed by atoms with E-state index in [1.807, 2.05) is 0 Å². The van der Waals surface area contributed by atoms with Gasteiger partial charge in [0.1, 0.15) is 6.04 Å². The highest BCUT2D eigenvalue weighted by Gasteiger charge is 2.45. The molecule has 1 unspecified atom stereocenters. The van der Waals surface area contributed by atoms with Gasteiger partial charge in [0, 0.05) is 18.7 Å². The van der Waals surface area contributed by atoms with E-state index in [0.29, 0.717) is 144 Å². The summed E-state index contributed by atoms with van der Waals surface area (Å²) in [5.74, 6) is -2.16. The van der Waals surface area contributed by atoms with Gasteiger partial charge in [-0.3, -0.25) is 29.4 Å². The molecule has 4 rings (SSSR count). The Balaban J connectivity index is 0.832. The molecule has 18 heteroatoms. The minimum absolute atomic E-state index is 0.0668. The molecule has 56 heavy (non-hydrogen) atoms. The van der Waals surface area contributed by atoms with E-state index in [0.717, 1.165) is 30.8 Å². The highest BCUT2D eigenvalue weighted by atomic mass is 16.6. The third kappa shape index (κ3) is 17.2. The number of imide groups is 2. The molecule has 0 aliphatic carbocycles. The molecule has 1 aromatic rings. The van der Waals surface area contributed by atoms with Crippen molar-refractivity contribution in [1.82, 2.24) is 15.5 Å². The Kier molecular flexibility index (Phi) is 23.0. The lowest BCUT2D eigenvalue weighted by Gasteiger charge is -2.27. The molecule has 2 fully saturated rings. The Bertz CT molecular complexity index is 1300. The van der Waals surface area contributed by atoms with Crippen LogP contribution in [0.2, 0.25) is 0 Å². The second kappa shape index (κ2) is 28.3. The summed E-state index contributed by atoms with van der Waals surface area (Å²) in [6.07, 6.45) is 2.66. The third-order valence-corrected chi connectivity index (χ3v) is 8.87. The van der Waals surface area contributed by atoms with Crippen LogP contribution < -0.4 is 16.0 Å². The molecule has 18 nitrogen and oxygen atoms in total. The summed E-state index contributed by atoms with van der Waals surface area (Å²) in [6, 6.07) is 3.91. The Morgan fingerprint density at radius 2 is 1.04 bits per heavy atom. The minimum Gasteiger partial charge on any atom is -0.382 e. The zero-order valence-corrected chi connectivity index (χ0v) is 32.4. The number of hydrogen-bond donors (Lipinski definition) is 3. The van der Waals surface area contributed by atoms with E-state index in [2.05, 4.69) is 16.0 Å². The lowest BCUT2D eigenvalue weighted by Crippen LogP contribution is -2.54. The standard InChI is InChI=1S/C38H60N4O14/c43-34-5-4-33(36(44)41-34)42-37(45)31-2-1-3-32(35(31)38(42)46)40-10-11-47-12-13-48-14-15-49-16-17-50-18-19-51-20-21-52-22-23-53-24-25-54-26-27-55-28-29-56-30-6-8-39-9-7-30/h1-3,30,33,39-40H,4-29H2,(H,41,43,44). The highest BCUT2D eigenvalue weighted by Crippen LogP contribution is 2.32. The molecule has 0 bridgehead atoms. The van der Waals surface area contributed by atoms with Crippen LogP contribution in [-0.4, -0.2) is 186 Å². The van der Waals surface area contributed by atoms with Gasteiger partial charge in [0.05, 0.1) is 143 Å². The third-order valence-electron chi connectivity index (χ3n) is 8.87. The van der Waals surface area contributed by atoms with Gasteiger partial charge in [-0.15, -0.1) is 0 Å². The number of nitrogens with zero attached hydrogens (tertiary/aromatic N) is 1. The smallest absolute Gasteiger partial charge is 0.264 e. The summed E-state index contributed by atoms with van der Waals surface area (Å²) in [6.45, 7) is 11.5. The topological polar surface area (TPSA) is 200 Å². The number of hydrogen-bond acceptors (Lipinski definition) is 16. The number of carbonyl (C=O) groups excluding carboxylic acids is 4. The lowest BCUT2D eigenvalue weighted by molar-refractivity contribution is -0.136. The van der Waals surface area contributed by atoms with E-state index >= 15 is 0 Å². The molecule has 3 N–H and O–H groups in total. The van der Waals surface area contributed by atoms with Crippen molar-refractivity contribution in [2.24, 2.45) is 0 Å². The van der Waals surface area contributed by atoms with E-state index in [9.17, 15) is 19.2 Å². The quantitative estimate of drug-likeness (QED) is 0.0653. The monoisotopic (exact) mass is 796 g/mol. The Labute approximate surface area is 328 Å². The van der Waals surface area contributed by atoms with Crippen LogP contribution >= 0.6 is 0 Å². The van der Waals surface area contributed by atoms with Crippen LogP contribution in [0.5, 0.6) is 0 Å². The van der Waals surface area contributed by atoms with Crippen LogP contribution in [0, 0.1) is 0 Å². The van der Waals surface area contributed by atoms with Crippen molar-refractivity contribution in [2.45, 2.75) is 37.8 Å². The van der Waals surface area contributed by atoms with Crippen molar-refractivity contribution in [3.8, 4) is 0 Å². The maximum Gasteiger partial charge on any atom is 0.264 e. The first-order chi connectivity index (χ1) is 27.6. The molecule has 2 saturated heterocycles. The number of fused-ring (bicyclic) bond motifs is 1. The first kappa shape index (κ1) is 45.6. The molecule has 4 amide bonds. The fourth-order valence-corrected chi connectivity index (χ4v) is 6.02. The van der Waals surface area contributed by atoms with Crippen molar-refractivity contribution < 1.29 is 66.5 Å². The summed E-state index contributed by atoms with van der Waals surface area (Å²) < 4.78 is 55.4. The highest BCUT2D eigenvalue weighted by molar-refractivity contribution is 6.25. The molecular formula is C38H60N4O14. The summed E-state index contributed by atoms with van der Waals surface area (Å²) in [4.78, 5) is 50.9.